The van der Waals surface area contributed by atoms with Crippen LogP contribution in [0.4, 0.5) is 0 Å². The molecule has 0 aromatic rings. The number of carbonyl (C=O) groups excluding carboxylic acids is 1. The summed E-state index contributed by atoms with van der Waals surface area (Å²) in [4.78, 5) is 11.5. The van der Waals surface area contributed by atoms with Crippen molar-refractivity contribution in [3.63, 3.8) is 0 Å². The van der Waals surface area contributed by atoms with E-state index in [1.54, 1.807) is 0 Å². The van der Waals surface area contributed by atoms with Gasteiger partial charge in [-0.1, -0.05) is 0 Å². The van der Waals surface area contributed by atoms with Gasteiger partial charge in [0.05, 0.1) is 6.54 Å². The Balaban J connectivity index is 2.37. The van der Waals surface area contributed by atoms with Crippen molar-refractivity contribution in [1.29, 1.82) is 0 Å². The largest absolute Gasteiger partial charge is 0.346 e. The van der Waals surface area contributed by atoms with Crippen LogP contribution in [0.2, 0.25) is 0 Å². The van der Waals surface area contributed by atoms with Crippen molar-refractivity contribution in [2.45, 2.75) is 45.2 Å². The van der Waals surface area contributed by atoms with E-state index in [1.165, 1.54) is 6.42 Å². The van der Waals surface area contributed by atoms with E-state index in [9.17, 15) is 4.79 Å². The summed E-state index contributed by atoms with van der Waals surface area (Å²) in [6, 6.07) is 0.171. The van der Waals surface area contributed by atoms with E-state index in [2.05, 4.69) is 10.6 Å². The molecule has 1 fully saturated rings. The van der Waals surface area contributed by atoms with Gasteiger partial charge in [0.2, 0.25) is 0 Å². The third kappa shape index (κ3) is 2.81. The predicted molar refractivity (Wildman–Crippen MR) is 47.7 cm³/mol. The van der Waals surface area contributed by atoms with Gasteiger partial charge in [0.1, 0.15) is 0 Å². The van der Waals surface area contributed by atoms with E-state index in [-0.39, 0.29) is 17.5 Å². The normalized spacial score (nSPS) is 24.1. The molecule has 0 unspecified atom stereocenters. The summed E-state index contributed by atoms with van der Waals surface area (Å²) >= 11 is 0. The fourth-order valence-electron chi connectivity index (χ4n) is 1.48. The highest BCUT2D eigenvalue weighted by Crippen LogP contribution is 2.02. The summed E-state index contributed by atoms with van der Waals surface area (Å²) < 4.78 is 0. The van der Waals surface area contributed by atoms with Gasteiger partial charge < -0.3 is 10.6 Å². The second kappa shape index (κ2) is 3.44. The first-order chi connectivity index (χ1) is 5.49. The Bertz CT molecular complexity index is 166. The number of hydrogen-bond acceptors (Lipinski definition) is 1. The molecule has 0 spiro atoms. The predicted octanol–water partition coefficient (Wildman–Crippen LogP) is -0.373. The Hall–Kier alpha value is -0.570. The molecule has 1 aliphatic rings. The van der Waals surface area contributed by atoms with E-state index < -0.39 is 0 Å². The second-order valence-electron chi connectivity index (χ2n) is 4.51. The minimum absolute atomic E-state index is 0.0898. The SMILES string of the molecule is CC(C)(C)NC(=O)[C@@H]1CCC[NH2+]1. The lowest BCUT2D eigenvalue weighted by Crippen LogP contribution is -2.89. The number of hydrogen-bond donors (Lipinski definition) is 2. The van der Waals surface area contributed by atoms with E-state index in [4.69, 9.17) is 0 Å². The van der Waals surface area contributed by atoms with Gasteiger partial charge in [-0.3, -0.25) is 4.79 Å². The second-order valence-corrected chi connectivity index (χ2v) is 4.51. The van der Waals surface area contributed by atoms with Crippen LogP contribution in [0.3, 0.4) is 0 Å². The first-order valence-electron chi connectivity index (χ1n) is 4.64. The van der Waals surface area contributed by atoms with Crippen molar-refractivity contribution in [2.75, 3.05) is 6.54 Å². The number of amides is 1. The number of nitrogens with one attached hydrogen (secondary N) is 1. The summed E-state index contributed by atoms with van der Waals surface area (Å²) in [5, 5.41) is 5.12. The average molecular weight is 171 g/mol. The van der Waals surface area contributed by atoms with E-state index in [0.717, 1.165) is 13.0 Å². The molecule has 1 aliphatic heterocycles. The third-order valence-corrected chi connectivity index (χ3v) is 2.01. The lowest BCUT2D eigenvalue weighted by Gasteiger charge is -2.21. The molecule has 12 heavy (non-hydrogen) atoms. The van der Waals surface area contributed by atoms with Crippen LogP contribution >= 0.6 is 0 Å². The van der Waals surface area contributed by atoms with Gasteiger partial charge in [0.15, 0.2) is 6.04 Å². The monoisotopic (exact) mass is 171 g/mol. The summed E-state index contributed by atoms with van der Waals surface area (Å²) in [6.45, 7) is 7.14. The molecule has 0 aromatic carbocycles. The Kier molecular flexibility index (Phi) is 2.73. The average Bonchev–Trinajstić information content (AvgIpc) is 2.32. The Morgan fingerprint density at radius 3 is 2.58 bits per heavy atom. The van der Waals surface area contributed by atoms with Crippen LogP contribution in [0, 0.1) is 0 Å². The van der Waals surface area contributed by atoms with Gasteiger partial charge in [0.25, 0.3) is 5.91 Å². The number of quaternary nitrogens is 1. The molecular formula is C9H19N2O+. The van der Waals surface area contributed by atoms with Crippen LogP contribution < -0.4 is 10.6 Å². The highest BCUT2D eigenvalue weighted by Gasteiger charge is 2.28. The molecule has 1 saturated heterocycles. The minimum atomic E-state index is -0.0898. The van der Waals surface area contributed by atoms with Crippen LogP contribution in [-0.2, 0) is 4.79 Å². The molecule has 3 N–H and O–H groups in total. The van der Waals surface area contributed by atoms with Crippen LogP contribution in [0.5, 0.6) is 0 Å². The molecule has 3 nitrogen and oxygen atoms in total. The maximum atomic E-state index is 11.5. The molecule has 0 aliphatic carbocycles. The summed E-state index contributed by atoms with van der Waals surface area (Å²) in [7, 11) is 0. The van der Waals surface area contributed by atoms with Crippen molar-refractivity contribution >= 4 is 5.91 Å². The van der Waals surface area contributed by atoms with Crippen molar-refractivity contribution in [3.05, 3.63) is 0 Å². The summed E-state index contributed by atoms with van der Waals surface area (Å²) in [5.74, 6) is 0.194. The van der Waals surface area contributed by atoms with Crippen molar-refractivity contribution in [1.82, 2.24) is 5.32 Å². The maximum Gasteiger partial charge on any atom is 0.278 e. The highest BCUT2D eigenvalue weighted by molar-refractivity contribution is 5.80. The van der Waals surface area contributed by atoms with Crippen molar-refractivity contribution in [3.8, 4) is 0 Å². The fraction of sp³-hybridized carbons (Fsp3) is 0.889. The van der Waals surface area contributed by atoms with E-state index in [1.807, 2.05) is 20.8 Å². The van der Waals surface area contributed by atoms with Crippen LogP contribution in [0.25, 0.3) is 0 Å². The lowest BCUT2D eigenvalue weighted by molar-refractivity contribution is -0.657. The van der Waals surface area contributed by atoms with Gasteiger partial charge in [-0.15, -0.1) is 0 Å². The van der Waals surface area contributed by atoms with E-state index >= 15 is 0 Å². The zero-order chi connectivity index (χ0) is 9.19. The number of rotatable bonds is 1. The molecule has 1 heterocycles. The van der Waals surface area contributed by atoms with Gasteiger partial charge >= 0.3 is 0 Å². The quantitative estimate of drug-likeness (QED) is 0.555. The zero-order valence-corrected chi connectivity index (χ0v) is 8.18. The fourth-order valence-corrected chi connectivity index (χ4v) is 1.48. The molecule has 1 rings (SSSR count). The molecule has 1 amide bonds. The summed E-state index contributed by atoms with van der Waals surface area (Å²) in [5.41, 5.74) is -0.0898. The van der Waals surface area contributed by atoms with Gasteiger partial charge in [0, 0.05) is 18.4 Å². The van der Waals surface area contributed by atoms with Gasteiger partial charge in [-0.25, -0.2) is 0 Å². The Morgan fingerprint density at radius 2 is 2.17 bits per heavy atom. The number of nitrogens with two attached hydrogens (primary N) is 1. The Morgan fingerprint density at radius 1 is 1.50 bits per heavy atom. The first-order valence-corrected chi connectivity index (χ1v) is 4.64. The number of carbonyl (C=O) groups is 1. The summed E-state index contributed by atoms with van der Waals surface area (Å²) in [6.07, 6.45) is 2.20. The minimum Gasteiger partial charge on any atom is -0.346 e. The Labute approximate surface area is 73.9 Å². The standard InChI is InChI=1S/C9H18N2O/c1-9(2,3)11-8(12)7-5-4-6-10-7/h7,10H,4-6H2,1-3H3,(H,11,12)/p+1/t7-/m0/s1. The van der Waals surface area contributed by atoms with Crippen molar-refractivity contribution < 1.29 is 10.1 Å². The van der Waals surface area contributed by atoms with Crippen LogP contribution in [-0.4, -0.2) is 24.0 Å². The molecule has 0 radical (unpaired) electrons. The molecule has 0 aromatic heterocycles. The molecule has 3 heteroatoms. The first kappa shape index (κ1) is 9.52. The van der Waals surface area contributed by atoms with Crippen LogP contribution in [0.1, 0.15) is 33.6 Å². The smallest absolute Gasteiger partial charge is 0.278 e. The maximum absolute atomic E-state index is 11.5. The highest BCUT2D eigenvalue weighted by atomic mass is 16.2. The van der Waals surface area contributed by atoms with Gasteiger partial charge in [-0.2, -0.15) is 0 Å². The third-order valence-electron chi connectivity index (χ3n) is 2.01. The zero-order valence-electron chi connectivity index (χ0n) is 8.18. The molecule has 0 saturated carbocycles. The van der Waals surface area contributed by atoms with Gasteiger partial charge in [-0.05, 0) is 20.8 Å². The lowest BCUT2D eigenvalue weighted by atomic mass is 10.1. The topological polar surface area (TPSA) is 45.7 Å². The van der Waals surface area contributed by atoms with Crippen LogP contribution in [0.15, 0.2) is 0 Å². The molecule has 1 atom stereocenters. The molecular weight excluding hydrogens is 152 g/mol. The molecule has 70 valence electrons. The van der Waals surface area contributed by atoms with Crippen molar-refractivity contribution in [2.24, 2.45) is 0 Å². The van der Waals surface area contributed by atoms with E-state index in [0.29, 0.717) is 0 Å². The molecule has 0 bridgehead atoms.